The quantitative estimate of drug-likeness (QED) is 0.395. The second kappa shape index (κ2) is 8.23. The number of piperidine rings is 1. The summed E-state index contributed by atoms with van der Waals surface area (Å²) in [6, 6.07) is 7.65. The zero-order chi connectivity index (χ0) is 20.5. The van der Waals surface area contributed by atoms with E-state index in [2.05, 4.69) is 22.2 Å². The first-order valence-electron chi connectivity index (χ1n) is 9.28. The number of pyridine rings is 1. The monoisotopic (exact) mass is 521 g/mol. The summed E-state index contributed by atoms with van der Waals surface area (Å²) in [5.41, 5.74) is 9.92. The number of fused-ring (bicyclic) bond motifs is 1. The summed E-state index contributed by atoms with van der Waals surface area (Å²) < 4.78 is 1.83. The van der Waals surface area contributed by atoms with Gasteiger partial charge in [-0.2, -0.15) is 0 Å². The van der Waals surface area contributed by atoms with E-state index in [9.17, 15) is 9.59 Å². The van der Waals surface area contributed by atoms with E-state index in [1.807, 2.05) is 46.3 Å². The second-order valence-corrected chi connectivity index (χ2v) is 9.33. The van der Waals surface area contributed by atoms with Crippen LogP contribution in [0.25, 0.3) is 10.2 Å². The van der Waals surface area contributed by atoms with Crippen LogP contribution in [0.15, 0.2) is 36.0 Å². The summed E-state index contributed by atoms with van der Waals surface area (Å²) in [7, 11) is 0. The standard InChI is InChI=1S/C20H20IN5O2S/c1-11-2-4-16(12-3-5-17-15(6-12)24-10-29-17)26(9-11)20(28)19(27)25-13-7-14(21)18(22)23-8-13/h3,5-8,10-11,16H,2,4,9H2,1H3,(H2,22,23)(H,25,27)/t11-,16+/m0/s1. The lowest BCUT2D eigenvalue weighted by atomic mass is 9.89. The number of hydrogen-bond donors (Lipinski definition) is 2. The third kappa shape index (κ3) is 4.20. The largest absolute Gasteiger partial charge is 0.383 e. The van der Waals surface area contributed by atoms with Gasteiger partial charge in [-0.25, -0.2) is 9.97 Å². The third-order valence-corrected chi connectivity index (χ3v) is 6.81. The lowest BCUT2D eigenvalue weighted by Crippen LogP contribution is -2.46. The average Bonchev–Trinajstić information content (AvgIpc) is 3.18. The molecule has 2 aromatic heterocycles. The van der Waals surface area contributed by atoms with Crippen molar-refractivity contribution in [3.63, 3.8) is 0 Å². The first-order valence-corrected chi connectivity index (χ1v) is 11.2. The van der Waals surface area contributed by atoms with Crippen LogP contribution in [0.4, 0.5) is 11.5 Å². The molecule has 1 aliphatic rings. The Morgan fingerprint density at radius 3 is 2.90 bits per heavy atom. The van der Waals surface area contributed by atoms with Crippen molar-refractivity contribution >= 4 is 67.5 Å². The number of nitrogen functional groups attached to an aromatic ring is 1. The van der Waals surface area contributed by atoms with Crippen LogP contribution in [-0.2, 0) is 9.59 Å². The molecule has 1 aromatic carbocycles. The molecule has 150 valence electrons. The molecule has 3 N–H and O–H groups in total. The molecule has 0 bridgehead atoms. The molecule has 2 atom stereocenters. The summed E-state index contributed by atoms with van der Waals surface area (Å²) in [4.78, 5) is 35.8. The van der Waals surface area contributed by atoms with Crippen molar-refractivity contribution < 1.29 is 9.59 Å². The molecule has 9 heteroatoms. The summed E-state index contributed by atoms with van der Waals surface area (Å²) in [6.07, 6.45) is 3.28. The first kappa shape index (κ1) is 20.0. The van der Waals surface area contributed by atoms with E-state index in [1.54, 1.807) is 22.3 Å². The molecule has 1 fully saturated rings. The number of carbonyl (C=O) groups excluding carboxylic acids is 2. The Bertz CT molecular complexity index is 1090. The van der Waals surface area contributed by atoms with E-state index < -0.39 is 11.8 Å². The SMILES string of the molecule is C[C@H]1CC[C@H](c2ccc3scnc3c2)N(C(=O)C(=O)Nc2cnc(N)c(I)c2)C1. The molecule has 3 aromatic rings. The minimum atomic E-state index is -0.666. The topological polar surface area (TPSA) is 101 Å². The zero-order valence-electron chi connectivity index (χ0n) is 15.8. The number of rotatable bonds is 2. The van der Waals surface area contributed by atoms with Crippen LogP contribution in [0, 0.1) is 9.49 Å². The number of anilines is 2. The van der Waals surface area contributed by atoms with Gasteiger partial charge in [0.15, 0.2) is 0 Å². The van der Waals surface area contributed by atoms with Crippen molar-refractivity contribution in [3.05, 3.63) is 45.1 Å². The van der Waals surface area contributed by atoms with Gasteiger partial charge in [-0.3, -0.25) is 9.59 Å². The van der Waals surface area contributed by atoms with Crippen molar-refractivity contribution in [3.8, 4) is 0 Å². The summed E-state index contributed by atoms with van der Waals surface area (Å²) in [6.45, 7) is 2.65. The number of hydrogen-bond acceptors (Lipinski definition) is 6. The van der Waals surface area contributed by atoms with Crippen molar-refractivity contribution in [1.82, 2.24) is 14.9 Å². The molecule has 2 amide bonds. The molecule has 0 spiro atoms. The van der Waals surface area contributed by atoms with Crippen molar-refractivity contribution in [2.45, 2.75) is 25.8 Å². The second-order valence-electron chi connectivity index (χ2n) is 7.28. The van der Waals surface area contributed by atoms with E-state index in [4.69, 9.17) is 5.73 Å². The Kier molecular flexibility index (Phi) is 5.68. The molecular formula is C20H20IN5O2S. The Morgan fingerprint density at radius 1 is 1.28 bits per heavy atom. The Hall–Kier alpha value is -2.27. The molecule has 0 saturated carbocycles. The fraction of sp³-hybridized carbons (Fsp3) is 0.300. The number of aromatic nitrogens is 2. The lowest BCUT2D eigenvalue weighted by Gasteiger charge is -2.38. The normalized spacial score (nSPS) is 19.3. The number of amides is 2. The van der Waals surface area contributed by atoms with Crippen molar-refractivity contribution in [2.24, 2.45) is 5.92 Å². The highest BCUT2D eigenvalue weighted by molar-refractivity contribution is 14.1. The van der Waals surface area contributed by atoms with Gasteiger partial charge in [0, 0.05) is 6.54 Å². The Morgan fingerprint density at radius 2 is 2.10 bits per heavy atom. The molecule has 4 rings (SSSR count). The maximum absolute atomic E-state index is 13.1. The van der Waals surface area contributed by atoms with Gasteiger partial charge in [0.05, 0.1) is 37.2 Å². The maximum atomic E-state index is 13.1. The van der Waals surface area contributed by atoms with Crippen LogP contribution < -0.4 is 11.1 Å². The first-order chi connectivity index (χ1) is 13.9. The summed E-state index contributed by atoms with van der Waals surface area (Å²) >= 11 is 3.63. The Balaban J connectivity index is 1.57. The highest BCUT2D eigenvalue weighted by Crippen LogP contribution is 2.35. The molecule has 0 unspecified atom stereocenters. The van der Waals surface area contributed by atoms with Crippen molar-refractivity contribution in [2.75, 3.05) is 17.6 Å². The zero-order valence-corrected chi connectivity index (χ0v) is 18.7. The number of halogens is 1. The van der Waals surface area contributed by atoms with E-state index >= 15 is 0 Å². The minimum Gasteiger partial charge on any atom is -0.383 e. The molecule has 29 heavy (non-hydrogen) atoms. The number of likely N-dealkylation sites (tertiary alicyclic amines) is 1. The highest BCUT2D eigenvalue weighted by atomic mass is 127. The van der Waals surface area contributed by atoms with Gasteiger partial charge < -0.3 is 16.0 Å². The van der Waals surface area contributed by atoms with Crippen LogP contribution in [0.3, 0.4) is 0 Å². The maximum Gasteiger partial charge on any atom is 0.313 e. The average molecular weight is 521 g/mol. The number of nitrogens with one attached hydrogen (secondary N) is 1. The summed E-state index contributed by atoms with van der Waals surface area (Å²) in [5.74, 6) is -0.476. The van der Waals surface area contributed by atoms with Gasteiger partial charge >= 0.3 is 11.8 Å². The van der Waals surface area contributed by atoms with Gasteiger partial charge in [-0.1, -0.05) is 13.0 Å². The number of thiazole rings is 1. The molecular weight excluding hydrogens is 501 g/mol. The van der Waals surface area contributed by atoms with E-state index in [1.165, 1.54) is 6.20 Å². The van der Waals surface area contributed by atoms with Gasteiger partial charge in [0.25, 0.3) is 0 Å². The minimum absolute atomic E-state index is 0.139. The number of nitrogens with two attached hydrogens (primary N) is 1. The van der Waals surface area contributed by atoms with Crippen LogP contribution in [0.5, 0.6) is 0 Å². The van der Waals surface area contributed by atoms with Crippen molar-refractivity contribution in [1.29, 1.82) is 0 Å². The summed E-state index contributed by atoms with van der Waals surface area (Å²) in [5, 5.41) is 2.66. The van der Waals surface area contributed by atoms with Crippen LogP contribution in [0.2, 0.25) is 0 Å². The predicted octanol–water partition coefficient (Wildman–Crippen LogP) is 3.82. The molecule has 0 radical (unpaired) electrons. The molecule has 7 nitrogen and oxygen atoms in total. The molecule has 1 aliphatic heterocycles. The van der Waals surface area contributed by atoms with Gasteiger partial charge in [-0.05, 0) is 65.1 Å². The highest BCUT2D eigenvalue weighted by Gasteiger charge is 2.34. The van der Waals surface area contributed by atoms with Crippen LogP contribution in [0.1, 0.15) is 31.4 Å². The van der Waals surface area contributed by atoms with Gasteiger partial charge in [-0.15, -0.1) is 11.3 Å². The third-order valence-electron chi connectivity index (χ3n) is 5.14. The fourth-order valence-electron chi connectivity index (χ4n) is 3.64. The molecule has 3 heterocycles. The van der Waals surface area contributed by atoms with E-state index in [0.717, 1.165) is 28.6 Å². The van der Waals surface area contributed by atoms with E-state index in [0.29, 0.717) is 27.5 Å². The van der Waals surface area contributed by atoms with Crippen LogP contribution in [-0.4, -0.2) is 33.2 Å². The fourth-order valence-corrected chi connectivity index (χ4v) is 4.77. The number of carbonyl (C=O) groups is 2. The van der Waals surface area contributed by atoms with Crippen LogP contribution >= 0.6 is 33.9 Å². The predicted molar refractivity (Wildman–Crippen MR) is 122 cm³/mol. The van der Waals surface area contributed by atoms with E-state index in [-0.39, 0.29) is 6.04 Å². The van der Waals surface area contributed by atoms with Gasteiger partial charge in [0.2, 0.25) is 0 Å². The number of benzene rings is 1. The number of nitrogens with zero attached hydrogens (tertiary/aromatic N) is 3. The smallest absolute Gasteiger partial charge is 0.313 e. The van der Waals surface area contributed by atoms with Gasteiger partial charge in [0.1, 0.15) is 5.82 Å². The molecule has 0 aliphatic carbocycles. The Labute approximate surface area is 185 Å². The lowest BCUT2D eigenvalue weighted by molar-refractivity contribution is -0.146. The molecule has 1 saturated heterocycles.